The Morgan fingerprint density at radius 1 is 0.688 bits per heavy atom. The largest absolute Gasteiger partial charge is 0.257 e. The van der Waals surface area contributed by atoms with Gasteiger partial charge in [0.2, 0.25) is 0 Å². The first-order chi connectivity index (χ1) is 7.83. The Balaban J connectivity index is 1.72. The van der Waals surface area contributed by atoms with E-state index >= 15 is 0 Å². The van der Waals surface area contributed by atoms with Crippen LogP contribution in [0.15, 0.2) is 0 Å². The van der Waals surface area contributed by atoms with E-state index in [1.54, 1.807) is 0 Å². The molecule has 1 atom stereocenters. The highest BCUT2D eigenvalue weighted by atomic mass is 15.4. The van der Waals surface area contributed by atoms with Gasteiger partial charge in [0.05, 0.1) is 0 Å². The van der Waals surface area contributed by atoms with Gasteiger partial charge in [0.15, 0.2) is 0 Å². The fourth-order valence-corrected chi connectivity index (χ4v) is 4.57. The maximum Gasteiger partial charge on any atom is 0.0329 e. The molecule has 2 aliphatic carbocycles. The van der Waals surface area contributed by atoms with Crippen molar-refractivity contribution in [2.24, 2.45) is 5.41 Å². The molecule has 2 N–H and O–H groups in total. The molecule has 0 aromatic heterocycles. The number of hydrogen-bond donors (Lipinski definition) is 2. The Bertz CT molecular complexity index is 202. The molecular weight excluding hydrogens is 196 g/mol. The van der Waals surface area contributed by atoms with Gasteiger partial charge in [-0.1, -0.05) is 25.7 Å². The van der Waals surface area contributed by atoms with Gasteiger partial charge in [-0.05, 0) is 50.4 Å². The van der Waals surface area contributed by atoms with Gasteiger partial charge in [0.25, 0.3) is 0 Å². The van der Waals surface area contributed by atoms with Gasteiger partial charge in [-0.15, -0.1) is 0 Å². The molecule has 1 aliphatic heterocycles. The zero-order valence-corrected chi connectivity index (χ0v) is 10.5. The molecule has 1 heterocycles. The van der Waals surface area contributed by atoms with Gasteiger partial charge in [0.1, 0.15) is 0 Å². The molecular formula is C14H26N2. The van der Waals surface area contributed by atoms with Gasteiger partial charge in [-0.2, -0.15) is 0 Å². The molecule has 1 saturated heterocycles. The van der Waals surface area contributed by atoms with E-state index in [4.69, 9.17) is 0 Å². The number of nitrogens with one attached hydrogen (secondary N) is 2. The molecule has 92 valence electrons. The van der Waals surface area contributed by atoms with Crippen LogP contribution in [0.4, 0.5) is 0 Å². The Kier molecular flexibility index (Phi) is 2.97. The lowest BCUT2D eigenvalue weighted by Crippen LogP contribution is -2.60. The average molecular weight is 222 g/mol. The number of hydrazine groups is 1. The second kappa shape index (κ2) is 4.30. The third kappa shape index (κ3) is 2.02. The van der Waals surface area contributed by atoms with E-state index in [1.165, 1.54) is 70.6 Å². The molecule has 16 heavy (non-hydrogen) atoms. The fraction of sp³-hybridized carbons (Fsp3) is 1.00. The minimum Gasteiger partial charge on any atom is -0.257 e. The maximum atomic E-state index is 3.66. The number of rotatable bonds is 0. The molecule has 3 fully saturated rings. The zero-order valence-electron chi connectivity index (χ0n) is 10.5. The summed E-state index contributed by atoms with van der Waals surface area (Å²) in [6, 6.07) is 0. The molecule has 2 saturated carbocycles. The number of hydrogen-bond acceptors (Lipinski definition) is 2. The first-order valence-electron chi connectivity index (χ1n) is 7.33. The van der Waals surface area contributed by atoms with E-state index in [2.05, 4.69) is 10.9 Å². The van der Waals surface area contributed by atoms with Crippen molar-refractivity contribution < 1.29 is 0 Å². The Hall–Kier alpha value is -0.0800. The van der Waals surface area contributed by atoms with Crippen LogP contribution in [0.5, 0.6) is 0 Å². The second-order valence-electron chi connectivity index (χ2n) is 6.53. The first-order valence-corrected chi connectivity index (χ1v) is 7.33. The van der Waals surface area contributed by atoms with Crippen LogP contribution in [-0.4, -0.2) is 12.1 Å². The smallest absolute Gasteiger partial charge is 0.0329 e. The molecule has 0 aromatic rings. The lowest BCUT2D eigenvalue weighted by atomic mass is 9.59. The summed E-state index contributed by atoms with van der Waals surface area (Å²) in [5.41, 5.74) is 8.26. The van der Waals surface area contributed by atoms with Crippen molar-refractivity contribution in [2.45, 2.75) is 76.2 Å². The van der Waals surface area contributed by atoms with Crippen LogP contribution < -0.4 is 10.9 Å². The van der Waals surface area contributed by atoms with Crippen LogP contribution >= 0.6 is 0 Å². The molecule has 2 heteroatoms. The van der Waals surface area contributed by atoms with Crippen LogP contribution in [0.2, 0.25) is 0 Å². The van der Waals surface area contributed by atoms with E-state index < -0.39 is 0 Å². The lowest BCUT2D eigenvalue weighted by molar-refractivity contribution is 0.0296. The molecule has 1 unspecified atom stereocenters. The Morgan fingerprint density at radius 2 is 1.44 bits per heavy atom. The predicted molar refractivity (Wildman–Crippen MR) is 67.1 cm³/mol. The highest BCUT2D eigenvalue weighted by Gasteiger charge is 2.45. The molecule has 3 rings (SSSR count). The normalized spacial score (nSPS) is 39.0. The Morgan fingerprint density at radius 3 is 2.19 bits per heavy atom. The van der Waals surface area contributed by atoms with Gasteiger partial charge in [-0.25, -0.2) is 0 Å². The van der Waals surface area contributed by atoms with E-state index in [0.717, 1.165) is 12.0 Å². The van der Waals surface area contributed by atoms with Crippen LogP contribution in [0.3, 0.4) is 0 Å². The van der Waals surface area contributed by atoms with Gasteiger partial charge in [0, 0.05) is 12.1 Å². The van der Waals surface area contributed by atoms with Crippen molar-refractivity contribution in [3.05, 3.63) is 0 Å². The summed E-state index contributed by atoms with van der Waals surface area (Å²) in [4.78, 5) is 0. The van der Waals surface area contributed by atoms with E-state index in [-0.39, 0.29) is 0 Å². The Labute approximate surface area is 99.5 Å². The predicted octanol–water partition coefficient (Wildman–Crippen LogP) is 3.14. The van der Waals surface area contributed by atoms with Crippen LogP contribution in [0, 0.1) is 5.41 Å². The van der Waals surface area contributed by atoms with Crippen molar-refractivity contribution in [1.82, 2.24) is 10.9 Å². The molecule has 0 aromatic carbocycles. The summed E-state index contributed by atoms with van der Waals surface area (Å²) in [5, 5.41) is 0. The first kappa shape index (κ1) is 11.0. The summed E-state index contributed by atoms with van der Waals surface area (Å²) < 4.78 is 0. The lowest BCUT2D eigenvalue weighted by Gasteiger charge is -2.52. The quantitative estimate of drug-likeness (QED) is 0.658. The minimum absolute atomic E-state index is 0.466. The summed E-state index contributed by atoms with van der Waals surface area (Å²) in [7, 11) is 0. The fourth-order valence-electron chi connectivity index (χ4n) is 4.57. The molecule has 2 spiro atoms. The van der Waals surface area contributed by atoms with E-state index in [9.17, 15) is 0 Å². The third-order valence-corrected chi connectivity index (χ3v) is 5.30. The summed E-state index contributed by atoms with van der Waals surface area (Å²) in [6.45, 7) is 1.16. The maximum absolute atomic E-state index is 3.66. The molecule has 2 nitrogen and oxygen atoms in total. The second-order valence-corrected chi connectivity index (χ2v) is 6.53. The summed E-state index contributed by atoms with van der Waals surface area (Å²) >= 11 is 0. The van der Waals surface area contributed by atoms with E-state index in [0.29, 0.717) is 5.54 Å². The van der Waals surface area contributed by atoms with Gasteiger partial charge < -0.3 is 0 Å². The summed E-state index contributed by atoms with van der Waals surface area (Å²) in [5.74, 6) is 0. The van der Waals surface area contributed by atoms with E-state index in [1.807, 2.05) is 0 Å². The molecule has 3 aliphatic rings. The van der Waals surface area contributed by atoms with Gasteiger partial charge in [-0.3, -0.25) is 10.9 Å². The monoisotopic (exact) mass is 222 g/mol. The molecule has 0 radical (unpaired) electrons. The van der Waals surface area contributed by atoms with Crippen molar-refractivity contribution in [1.29, 1.82) is 0 Å². The van der Waals surface area contributed by atoms with Crippen molar-refractivity contribution in [3.8, 4) is 0 Å². The van der Waals surface area contributed by atoms with Crippen molar-refractivity contribution >= 4 is 0 Å². The summed E-state index contributed by atoms with van der Waals surface area (Å²) in [6.07, 6.45) is 16.1. The zero-order chi connectivity index (χ0) is 10.9. The highest BCUT2D eigenvalue weighted by Crippen LogP contribution is 2.51. The van der Waals surface area contributed by atoms with Crippen molar-refractivity contribution in [3.63, 3.8) is 0 Å². The highest BCUT2D eigenvalue weighted by molar-refractivity contribution is 5.01. The van der Waals surface area contributed by atoms with Crippen molar-refractivity contribution in [2.75, 3.05) is 6.54 Å². The SMILES string of the molecule is C1CCC2(CC1)CCCC1(CCCNN1)C2. The topological polar surface area (TPSA) is 24.1 Å². The standard InChI is InChI=1S/C14H26N2/c1-2-6-13(7-3-1)8-4-9-14(12-13)10-5-11-15-16-14/h15-16H,1-12H2. The molecule has 0 amide bonds. The van der Waals surface area contributed by atoms with Crippen LogP contribution in [0.25, 0.3) is 0 Å². The molecule has 0 bridgehead atoms. The average Bonchev–Trinajstić information content (AvgIpc) is 2.31. The minimum atomic E-state index is 0.466. The van der Waals surface area contributed by atoms with Crippen LogP contribution in [-0.2, 0) is 0 Å². The van der Waals surface area contributed by atoms with Gasteiger partial charge >= 0.3 is 0 Å². The van der Waals surface area contributed by atoms with Crippen LogP contribution in [0.1, 0.15) is 70.6 Å². The third-order valence-electron chi connectivity index (χ3n) is 5.30.